The van der Waals surface area contributed by atoms with Crippen LogP contribution in [0.2, 0.25) is 0 Å². The molecule has 5 fully saturated rings. The second kappa shape index (κ2) is 23.6. The Bertz CT molecular complexity index is 2480. The van der Waals surface area contributed by atoms with Gasteiger partial charge in [0.25, 0.3) is 0 Å². The zero-order valence-corrected chi connectivity index (χ0v) is 44.7. The van der Waals surface area contributed by atoms with Crippen LogP contribution in [-0.2, 0) is 72.9 Å². The number of phenolic OH excluding ortho intramolecular Hbond substituents is 2. The summed E-state index contributed by atoms with van der Waals surface area (Å²) in [5.41, 5.74) is -1.43. The highest BCUT2D eigenvalue weighted by molar-refractivity contribution is 6.38. The molecular formula is C53H74O24. The maximum atomic E-state index is 15.0. The van der Waals surface area contributed by atoms with Gasteiger partial charge in [-0.3, -0.25) is 19.2 Å². The molecule has 8 rings (SSSR count). The molecule has 77 heavy (non-hydrogen) atoms. The lowest BCUT2D eigenvalue weighted by molar-refractivity contribution is -0.334. The molecule has 0 spiro atoms. The smallest absolute Gasteiger partial charge is 0.302 e. The van der Waals surface area contributed by atoms with Gasteiger partial charge in [0.1, 0.15) is 66.1 Å². The standard InChI is InChI=1S/C53H74O24/c1-19-30(73-35-15-32(45(59)22(4)67-35)74-36-14-31(72-26(8)55)44(58)21(3)68-36)13-28-11-27-12-29(50(66-10)43(57)20(2)54)51(49(63)41(27)48(62)40(28)42(19)56)77-38-17-33(46(60)24(6)70-38)75-37-16-34(47(61)23(5)69-37)76-39-18-53(9,65)52(64)25(7)71-39/h11,13,21-25,29,31-39,44-47,50-52,56,58-62,64-65H,12,14-18H2,1-10H3/t21-,22-,23-,24-,25-,29?,31-,32-,33-,34-,35+,36+,37+,38+,39+,44-,45-,46-,47+,50+,51+,52-,53+/m1/s1. The maximum Gasteiger partial charge on any atom is 0.302 e. The summed E-state index contributed by atoms with van der Waals surface area (Å²) in [6, 6.07) is 3.05. The molecule has 430 valence electrons. The molecule has 2 aromatic rings. The van der Waals surface area contributed by atoms with Gasteiger partial charge in [0.2, 0.25) is 12.1 Å². The van der Waals surface area contributed by atoms with E-state index in [4.69, 9.17) is 56.8 Å². The molecule has 0 radical (unpaired) electrons. The fourth-order valence-electron chi connectivity index (χ4n) is 11.4. The van der Waals surface area contributed by atoms with Gasteiger partial charge in [0, 0.05) is 64.5 Å². The molecule has 5 aliphatic heterocycles. The Morgan fingerprint density at radius 3 is 1.64 bits per heavy atom. The van der Waals surface area contributed by atoms with E-state index in [-0.39, 0.29) is 71.7 Å². The molecule has 2 aromatic carbocycles. The van der Waals surface area contributed by atoms with Crippen molar-refractivity contribution in [3.8, 4) is 17.2 Å². The predicted octanol–water partition coefficient (Wildman–Crippen LogP) is 1.17. The molecule has 0 saturated carbocycles. The largest absolute Gasteiger partial charge is 0.507 e. The number of carbonyl (C=O) groups is 4. The number of hydrogen-bond acceptors (Lipinski definition) is 24. The van der Waals surface area contributed by atoms with Crippen molar-refractivity contribution >= 4 is 34.1 Å². The summed E-state index contributed by atoms with van der Waals surface area (Å²) in [7, 11) is 1.20. The molecule has 1 unspecified atom stereocenters. The van der Waals surface area contributed by atoms with Gasteiger partial charge >= 0.3 is 5.97 Å². The Hall–Kier alpha value is -4.06. The highest BCUT2D eigenvalue weighted by Crippen LogP contribution is 2.47. The summed E-state index contributed by atoms with van der Waals surface area (Å²) in [4.78, 5) is 52.9. The first-order chi connectivity index (χ1) is 36.2. The number of phenols is 2. The van der Waals surface area contributed by atoms with Crippen molar-refractivity contribution in [1.82, 2.24) is 0 Å². The predicted molar refractivity (Wildman–Crippen MR) is 261 cm³/mol. The highest BCUT2D eigenvalue weighted by Gasteiger charge is 2.51. The summed E-state index contributed by atoms with van der Waals surface area (Å²) in [6.45, 7) is 13.2. The molecular weight excluding hydrogens is 1020 g/mol. The maximum absolute atomic E-state index is 15.0. The molecule has 0 bridgehead atoms. The van der Waals surface area contributed by atoms with E-state index in [1.54, 1.807) is 34.6 Å². The molecule has 0 aromatic heterocycles. The average molecular weight is 1100 g/mol. The summed E-state index contributed by atoms with van der Waals surface area (Å²) in [5.74, 6) is -5.42. The van der Waals surface area contributed by atoms with E-state index >= 15 is 0 Å². The molecule has 23 atom stereocenters. The van der Waals surface area contributed by atoms with E-state index in [1.165, 1.54) is 40.0 Å². The minimum Gasteiger partial charge on any atom is -0.507 e. The van der Waals surface area contributed by atoms with Crippen LogP contribution in [0.3, 0.4) is 0 Å². The number of ketones is 3. The summed E-state index contributed by atoms with van der Waals surface area (Å²) >= 11 is 0. The summed E-state index contributed by atoms with van der Waals surface area (Å²) in [5, 5.41) is 89.3. The van der Waals surface area contributed by atoms with Gasteiger partial charge in [-0.25, -0.2) is 0 Å². The van der Waals surface area contributed by atoms with E-state index in [0.717, 1.165) is 6.92 Å². The van der Waals surface area contributed by atoms with Crippen molar-refractivity contribution in [2.75, 3.05) is 7.11 Å². The van der Waals surface area contributed by atoms with Crippen molar-refractivity contribution in [2.24, 2.45) is 5.92 Å². The number of fused-ring (bicyclic) bond motifs is 2. The van der Waals surface area contributed by atoms with Crippen molar-refractivity contribution in [1.29, 1.82) is 0 Å². The fourth-order valence-corrected chi connectivity index (χ4v) is 11.4. The topological polar surface area (TPSA) is 341 Å². The van der Waals surface area contributed by atoms with Crippen LogP contribution in [0, 0.1) is 12.8 Å². The van der Waals surface area contributed by atoms with Crippen LogP contribution in [0.15, 0.2) is 12.1 Å². The molecule has 5 heterocycles. The minimum absolute atomic E-state index is 0.0168. The number of ether oxygens (including phenoxy) is 12. The van der Waals surface area contributed by atoms with E-state index < -0.39 is 175 Å². The quantitative estimate of drug-likeness (QED) is 0.0916. The van der Waals surface area contributed by atoms with E-state index in [9.17, 15) is 60.0 Å². The lowest BCUT2D eigenvalue weighted by atomic mass is 9.75. The van der Waals surface area contributed by atoms with Crippen molar-refractivity contribution in [3.05, 3.63) is 28.8 Å². The van der Waals surface area contributed by atoms with Gasteiger partial charge in [0.15, 0.2) is 36.7 Å². The normalized spacial score (nSPS) is 41.1. The number of aromatic hydroxyl groups is 2. The first-order valence-electron chi connectivity index (χ1n) is 26.2. The van der Waals surface area contributed by atoms with Gasteiger partial charge in [-0.1, -0.05) is 0 Å². The number of aliphatic hydroxyl groups excluding tert-OH is 5. The van der Waals surface area contributed by atoms with Crippen LogP contribution in [0.25, 0.3) is 10.8 Å². The second-order valence-electron chi connectivity index (χ2n) is 21.6. The van der Waals surface area contributed by atoms with E-state index in [2.05, 4.69) is 0 Å². The third-order valence-electron chi connectivity index (χ3n) is 15.8. The molecule has 8 N–H and O–H groups in total. The van der Waals surface area contributed by atoms with Crippen LogP contribution in [0.4, 0.5) is 0 Å². The number of hydrogen-bond donors (Lipinski definition) is 8. The summed E-state index contributed by atoms with van der Waals surface area (Å²) < 4.78 is 72.0. The SMILES string of the molecule is CO[C@H](C(=O)C(C)=O)C1Cc2cc3cc(O[C@H]4C[C@@H](O[C@H]5C[C@@H](OC(C)=O)[C@H](O)[C@@H](C)O5)[C@H](O)[C@@H](C)O4)c(C)c(O)c3c(O)c2C(=O)[C@H]1O[C@H]1C[C@@H](O[C@H]2C[C@@H](O[C@H]3C[C@](C)(O)[C@H](O)[C@@H](C)O3)[C@@H](O)[C@@H](C)O2)[C@H](O)[C@@H](C)O1. The number of methoxy groups -OCH3 is 1. The molecule has 1 aliphatic carbocycles. The van der Waals surface area contributed by atoms with Gasteiger partial charge in [-0.2, -0.15) is 0 Å². The zero-order valence-electron chi connectivity index (χ0n) is 44.7. The Morgan fingerprint density at radius 2 is 1.13 bits per heavy atom. The van der Waals surface area contributed by atoms with E-state index in [0.29, 0.717) is 0 Å². The Balaban J connectivity index is 1.02. The number of Topliss-reactive ketones (excluding diaryl/α,β-unsaturated/α-hetero) is 3. The lowest BCUT2D eigenvalue weighted by Crippen LogP contribution is -2.58. The third kappa shape index (κ3) is 12.3. The fraction of sp³-hybridized carbons (Fsp3) is 0.736. The number of esters is 1. The molecule has 0 amide bonds. The van der Waals surface area contributed by atoms with Crippen LogP contribution in [-0.4, -0.2) is 206 Å². The highest BCUT2D eigenvalue weighted by atomic mass is 16.7. The molecule has 24 nitrogen and oxygen atoms in total. The summed E-state index contributed by atoms with van der Waals surface area (Å²) in [6.07, 6.45) is -23.1. The first kappa shape index (κ1) is 59.1. The Morgan fingerprint density at radius 1 is 0.662 bits per heavy atom. The molecule has 6 aliphatic rings. The van der Waals surface area contributed by atoms with Crippen LogP contribution >= 0.6 is 0 Å². The number of benzene rings is 2. The third-order valence-corrected chi connectivity index (χ3v) is 15.8. The van der Waals surface area contributed by atoms with Gasteiger partial charge < -0.3 is 97.7 Å². The molecule has 5 saturated heterocycles. The van der Waals surface area contributed by atoms with Gasteiger partial charge in [0.05, 0.1) is 65.4 Å². The van der Waals surface area contributed by atoms with E-state index in [1.807, 2.05) is 0 Å². The number of aliphatic hydroxyl groups is 6. The monoisotopic (exact) mass is 1090 g/mol. The van der Waals surface area contributed by atoms with Crippen LogP contribution in [0.1, 0.15) is 109 Å². The van der Waals surface area contributed by atoms with Crippen LogP contribution < -0.4 is 4.74 Å². The van der Waals surface area contributed by atoms with Crippen molar-refractivity contribution in [3.63, 3.8) is 0 Å². The lowest BCUT2D eigenvalue weighted by Gasteiger charge is -2.46. The Kier molecular flexibility index (Phi) is 18.1. The zero-order chi connectivity index (χ0) is 56.3. The van der Waals surface area contributed by atoms with Crippen LogP contribution in [0.5, 0.6) is 17.2 Å². The average Bonchev–Trinajstić information content (AvgIpc) is 3.34. The second-order valence-corrected chi connectivity index (χ2v) is 21.6. The number of rotatable bonds is 15. The van der Waals surface area contributed by atoms with Crippen molar-refractivity contribution < 1.29 is 117 Å². The number of carbonyl (C=O) groups excluding carboxylic acids is 4. The Labute approximate surface area is 444 Å². The molecule has 24 heteroatoms. The van der Waals surface area contributed by atoms with Crippen molar-refractivity contribution in [2.45, 2.75) is 236 Å². The van der Waals surface area contributed by atoms with Gasteiger partial charge in [-0.05, 0) is 78.0 Å². The van der Waals surface area contributed by atoms with Gasteiger partial charge in [-0.15, -0.1) is 0 Å². The first-order valence-corrected chi connectivity index (χ1v) is 26.2. The minimum atomic E-state index is -1.62.